The predicted octanol–water partition coefficient (Wildman–Crippen LogP) is 4.43. The van der Waals surface area contributed by atoms with Crippen LogP contribution in [0.4, 0.5) is 5.82 Å². The Labute approximate surface area is 124 Å². The van der Waals surface area contributed by atoms with Crippen LogP contribution in [0.25, 0.3) is 0 Å². The quantitative estimate of drug-likeness (QED) is 0.832. The second-order valence-electron chi connectivity index (χ2n) is 6.00. The van der Waals surface area contributed by atoms with Crippen LogP contribution in [0.5, 0.6) is 0 Å². The Balaban J connectivity index is 2.05. The molecule has 0 amide bonds. The molecule has 1 fully saturated rings. The summed E-state index contributed by atoms with van der Waals surface area (Å²) in [7, 11) is 0. The van der Waals surface area contributed by atoms with Gasteiger partial charge in [0.1, 0.15) is 16.2 Å². The van der Waals surface area contributed by atoms with Gasteiger partial charge in [0, 0.05) is 18.5 Å². The minimum absolute atomic E-state index is 0.551. The minimum atomic E-state index is 0.551. The standard InChI is InChI=1S/C15H24BrN3/c1-4-5-14-18-13(16)9-15(19-14)17-12-7-10(2)6-11(3)8-12/h9-12H,4-8H2,1-3H3,(H,17,18,19). The van der Waals surface area contributed by atoms with Crippen molar-refractivity contribution in [2.24, 2.45) is 11.8 Å². The summed E-state index contributed by atoms with van der Waals surface area (Å²) in [6.45, 7) is 6.85. The molecule has 0 bridgehead atoms. The zero-order chi connectivity index (χ0) is 13.8. The first-order valence-electron chi connectivity index (χ1n) is 7.36. The number of rotatable bonds is 4. The van der Waals surface area contributed by atoms with Crippen molar-refractivity contribution in [1.29, 1.82) is 0 Å². The molecule has 1 aliphatic carbocycles. The summed E-state index contributed by atoms with van der Waals surface area (Å²) >= 11 is 3.48. The third-order valence-corrected chi connectivity index (χ3v) is 4.15. The highest BCUT2D eigenvalue weighted by Crippen LogP contribution is 2.30. The van der Waals surface area contributed by atoms with E-state index in [0.29, 0.717) is 6.04 Å². The number of nitrogens with zero attached hydrogens (tertiary/aromatic N) is 2. The van der Waals surface area contributed by atoms with Crippen molar-refractivity contribution in [3.05, 3.63) is 16.5 Å². The first-order valence-corrected chi connectivity index (χ1v) is 8.16. The van der Waals surface area contributed by atoms with Gasteiger partial charge in [0.25, 0.3) is 0 Å². The fourth-order valence-electron chi connectivity index (χ4n) is 3.15. The van der Waals surface area contributed by atoms with Crippen molar-refractivity contribution in [2.75, 3.05) is 5.32 Å². The van der Waals surface area contributed by atoms with Crippen LogP contribution in [0.2, 0.25) is 0 Å². The number of hydrogen-bond donors (Lipinski definition) is 1. The van der Waals surface area contributed by atoms with Crippen molar-refractivity contribution in [1.82, 2.24) is 9.97 Å². The van der Waals surface area contributed by atoms with Crippen LogP contribution < -0.4 is 5.32 Å². The molecule has 2 atom stereocenters. The highest BCUT2D eigenvalue weighted by Gasteiger charge is 2.24. The largest absolute Gasteiger partial charge is 0.367 e. The van der Waals surface area contributed by atoms with E-state index in [-0.39, 0.29) is 0 Å². The number of aryl methyl sites for hydroxylation is 1. The Morgan fingerprint density at radius 1 is 1.21 bits per heavy atom. The number of hydrogen-bond acceptors (Lipinski definition) is 3. The summed E-state index contributed by atoms with van der Waals surface area (Å²) in [5.74, 6) is 3.51. The highest BCUT2D eigenvalue weighted by atomic mass is 79.9. The van der Waals surface area contributed by atoms with E-state index in [1.54, 1.807) is 0 Å². The molecule has 1 aromatic heterocycles. The molecule has 106 valence electrons. The van der Waals surface area contributed by atoms with Crippen molar-refractivity contribution < 1.29 is 0 Å². The molecule has 0 radical (unpaired) electrons. The van der Waals surface area contributed by atoms with E-state index < -0.39 is 0 Å². The van der Waals surface area contributed by atoms with Crippen LogP contribution in [-0.2, 0) is 6.42 Å². The Morgan fingerprint density at radius 3 is 2.53 bits per heavy atom. The SMILES string of the molecule is CCCc1nc(Br)cc(NC2CC(C)CC(C)C2)n1. The Bertz CT molecular complexity index is 412. The maximum absolute atomic E-state index is 4.62. The molecule has 0 aromatic carbocycles. The molecule has 0 saturated heterocycles. The van der Waals surface area contributed by atoms with Crippen molar-refractivity contribution in [2.45, 2.75) is 58.9 Å². The first-order chi connectivity index (χ1) is 9.06. The molecule has 0 spiro atoms. The summed E-state index contributed by atoms with van der Waals surface area (Å²) in [5, 5.41) is 3.60. The average Bonchev–Trinajstić information content (AvgIpc) is 2.26. The van der Waals surface area contributed by atoms with Gasteiger partial charge in [-0.1, -0.05) is 20.8 Å². The average molecular weight is 326 g/mol. The van der Waals surface area contributed by atoms with Gasteiger partial charge in [-0.15, -0.1) is 0 Å². The van der Waals surface area contributed by atoms with E-state index >= 15 is 0 Å². The normalized spacial score (nSPS) is 27.3. The van der Waals surface area contributed by atoms with Crippen molar-refractivity contribution >= 4 is 21.7 Å². The van der Waals surface area contributed by atoms with E-state index in [1.807, 2.05) is 6.07 Å². The van der Waals surface area contributed by atoms with Gasteiger partial charge in [0.2, 0.25) is 0 Å². The maximum Gasteiger partial charge on any atom is 0.132 e. The van der Waals surface area contributed by atoms with E-state index in [1.165, 1.54) is 19.3 Å². The van der Waals surface area contributed by atoms with Gasteiger partial charge < -0.3 is 5.32 Å². The molecule has 1 saturated carbocycles. The third kappa shape index (κ3) is 4.44. The number of aromatic nitrogens is 2. The van der Waals surface area contributed by atoms with Gasteiger partial charge in [0.05, 0.1) is 0 Å². The monoisotopic (exact) mass is 325 g/mol. The lowest BCUT2D eigenvalue weighted by atomic mass is 9.80. The van der Waals surface area contributed by atoms with Crippen molar-refractivity contribution in [3.8, 4) is 0 Å². The molecular weight excluding hydrogens is 302 g/mol. The third-order valence-electron chi connectivity index (χ3n) is 3.75. The lowest BCUT2D eigenvalue weighted by molar-refractivity contribution is 0.280. The zero-order valence-electron chi connectivity index (χ0n) is 12.1. The summed E-state index contributed by atoms with van der Waals surface area (Å²) in [6.07, 6.45) is 5.86. The summed E-state index contributed by atoms with van der Waals surface area (Å²) in [5.41, 5.74) is 0. The molecule has 1 N–H and O–H groups in total. The summed E-state index contributed by atoms with van der Waals surface area (Å²) in [4.78, 5) is 9.03. The molecule has 19 heavy (non-hydrogen) atoms. The van der Waals surface area contributed by atoms with Crippen LogP contribution in [-0.4, -0.2) is 16.0 Å². The topological polar surface area (TPSA) is 37.8 Å². The second-order valence-corrected chi connectivity index (χ2v) is 6.81. The van der Waals surface area contributed by atoms with Gasteiger partial charge in [-0.3, -0.25) is 0 Å². The lowest BCUT2D eigenvalue weighted by Crippen LogP contribution is -2.30. The zero-order valence-corrected chi connectivity index (χ0v) is 13.7. The second kappa shape index (κ2) is 6.69. The first kappa shape index (κ1) is 14.8. The molecule has 1 heterocycles. The molecule has 1 aromatic rings. The Morgan fingerprint density at radius 2 is 1.89 bits per heavy atom. The summed E-state index contributed by atoms with van der Waals surface area (Å²) < 4.78 is 0.880. The number of anilines is 1. The van der Waals surface area contributed by atoms with Gasteiger partial charge in [-0.2, -0.15) is 0 Å². The minimum Gasteiger partial charge on any atom is -0.367 e. The molecular formula is C15H24BrN3. The lowest BCUT2D eigenvalue weighted by Gasteiger charge is -2.32. The smallest absolute Gasteiger partial charge is 0.132 e. The molecule has 4 heteroatoms. The van der Waals surface area contributed by atoms with Gasteiger partial charge in [0.15, 0.2) is 0 Å². The van der Waals surface area contributed by atoms with Gasteiger partial charge in [-0.05, 0) is 53.4 Å². The molecule has 0 aliphatic heterocycles. The van der Waals surface area contributed by atoms with E-state index in [9.17, 15) is 0 Å². The van der Waals surface area contributed by atoms with E-state index in [4.69, 9.17) is 0 Å². The van der Waals surface area contributed by atoms with Crippen LogP contribution in [0.3, 0.4) is 0 Å². The van der Waals surface area contributed by atoms with Crippen LogP contribution >= 0.6 is 15.9 Å². The summed E-state index contributed by atoms with van der Waals surface area (Å²) in [6, 6.07) is 2.54. The molecule has 2 rings (SSSR count). The fraction of sp³-hybridized carbons (Fsp3) is 0.733. The maximum atomic E-state index is 4.62. The Kier molecular flexibility index (Phi) is 5.20. The molecule has 3 nitrogen and oxygen atoms in total. The van der Waals surface area contributed by atoms with Crippen molar-refractivity contribution in [3.63, 3.8) is 0 Å². The highest BCUT2D eigenvalue weighted by molar-refractivity contribution is 9.10. The predicted molar refractivity (Wildman–Crippen MR) is 83.3 cm³/mol. The van der Waals surface area contributed by atoms with E-state index in [2.05, 4.69) is 52.0 Å². The van der Waals surface area contributed by atoms with Gasteiger partial charge >= 0.3 is 0 Å². The number of halogens is 1. The number of nitrogens with one attached hydrogen (secondary N) is 1. The molecule has 2 unspecified atom stereocenters. The fourth-order valence-corrected chi connectivity index (χ4v) is 3.57. The molecule has 1 aliphatic rings. The van der Waals surface area contributed by atoms with Crippen LogP contribution in [0.15, 0.2) is 10.7 Å². The van der Waals surface area contributed by atoms with Crippen LogP contribution in [0.1, 0.15) is 52.3 Å². The van der Waals surface area contributed by atoms with E-state index in [0.717, 1.165) is 40.9 Å². The Hall–Kier alpha value is -0.640. The van der Waals surface area contributed by atoms with Gasteiger partial charge in [-0.25, -0.2) is 9.97 Å². The van der Waals surface area contributed by atoms with Crippen LogP contribution in [0, 0.1) is 11.8 Å².